The molecule has 0 saturated heterocycles. The van der Waals surface area contributed by atoms with Gasteiger partial charge in [0.1, 0.15) is 0 Å². The average molecular weight is 370 g/mol. The van der Waals surface area contributed by atoms with Gasteiger partial charge in [-0.15, -0.1) is 11.3 Å². The summed E-state index contributed by atoms with van der Waals surface area (Å²) in [6.45, 7) is 1.69. The largest absolute Gasteiger partial charge is 0.342 e. The minimum Gasteiger partial charge on any atom is -0.342 e. The Morgan fingerprint density at radius 2 is 2.25 bits per heavy atom. The third-order valence-electron chi connectivity index (χ3n) is 2.15. The highest BCUT2D eigenvalue weighted by Crippen LogP contribution is 2.32. The Morgan fingerprint density at radius 3 is 2.75 bits per heavy atom. The van der Waals surface area contributed by atoms with E-state index in [0.29, 0.717) is 0 Å². The topological polar surface area (TPSA) is 32.3 Å². The standard InChI is InChI=1S/C10H14Br2N2OS/c1-13-4-3-5-14(2)10(15)7-6-8(11)16-9(7)12/h6,13H,3-5H2,1-2H3. The van der Waals surface area contributed by atoms with Crippen LogP contribution in [0.5, 0.6) is 0 Å². The Hall–Kier alpha value is 0.0900. The number of nitrogens with zero attached hydrogens (tertiary/aromatic N) is 1. The highest BCUT2D eigenvalue weighted by molar-refractivity contribution is 9.12. The summed E-state index contributed by atoms with van der Waals surface area (Å²) < 4.78 is 1.84. The number of hydrogen-bond donors (Lipinski definition) is 1. The molecule has 1 rings (SSSR count). The minimum absolute atomic E-state index is 0.0601. The summed E-state index contributed by atoms with van der Waals surface area (Å²) in [5.41, 5.74) is 0.726. The lowest BCUT2D eigenvalue weighted by atomic mass is 10.3. The molecular weight excluding hydrogens is 356 g/mol. The van der Waals surface area contributed by atoms with E-state index in [2.05, 4.69) is 37.2 Å². The molecule has 0 radical (unpaired) electrons. The molecule has 0 atom stereocenters. The molecule has 3 nitrogen and oxygen atoms in total. The van der Waals surface area contributed by atoms with Crippen molar-refractivity contribution in [1.82, 2.24) is 10.2 Å². The van der Waals surface area contributed by atoms with Crippen LogP contribution in [-0.4, -0.2) is 38.0 Å². The van der Waals surface area contributed by atoms with Crippen LogP contribution in [0.1, 0.15) is 16.8 Å². The molecule has 0 unspecified atom stereocenters. The molecular formula is C10H14Br2N2OS. The van der Waals surface area contributed by atoms with E-state index in [1.165, 1.54) is 11.3 Å². The van der Waals surface area contributed by atoms with Gasteiger partial charge in [-0.05, 0) is 57.9 Å². The Labute approximate surface area is 116 Å². The van der Waals surface area contributed by atoms with E-state index in [1.54, 1.807) is 4.90 Å². The van der Waals surface area contributed by atoms with E-state index in [1.807, 2.05) is 20.2 Å². The summed E-state index contributed by atoms with van der Waals surface area (Å²) in [5, 5.41) is 3.06. The molecule has 16 heavy (non-hydrogen) atoms. The maximum absolute atomic E-state index is 12.0. The van der Waals surface area contributed by atoms with Crippen LogP contribution in [-0.2, 0) is 0 Å². The monoisotopic (exact) mass is 368 g/mol. The second-order valence-corrected chi connectivity index (χ2v) is 7.17. The molecule has 1 amide bonds. The van der Waals surface area contributed by atoms with Crippen molar-refractivity contribution in [2.45, 2.75) is 6.42 Å². The quantitative estimate of drug-likeness (QED) is 0.809. The van der Waals surface area contributed by atoms with E-state index < -0.39 is 0 Å². The predicted octanol–water partition coefficient (Wildman–Crippen LogP) is 2.95. The minimum atomic E-state index is 0.0601. The van der Waals surface area contributed by atoms with Gasteiger partial charge in [0.25, 0.3) is 5.91 Å². The molecule has 0 bridgehead atoms. The summed E-state index contributed by atoms with van der Waals surface area (Å²) in [7, 11) is 3.74. The Morgan fingerprint density at radius 1 is 1.56 bits per heavy atom. The summed E-state index contributed by atoms with van der Waals surface area (Å²) in [4.78, 5) is 13.8. The molecule has 0 fully saturated rings. The zero-order chi connectivity index (χ0) is 12.1. The normalized spacial score (nSPS) is 10.5. The van der Waals surface area contributed by atoms with Gasteiger partial charge in [-0.1, -0.05) is 0 Å². The van der Waals surface area contributed by atoms with E-state index in [0.717, 1.165) is 32.6 Å². The molecule has 90 valence electrons. The van der Waals surface area contributed by atoms with Gasteiger partial charge in [-0.25, -0.2) is 0 Å². The first kappa shape index (κ1) is 14.2. The molecule has 0 spiro atoms. The van der Waals surface area contributed by atoms with Crippen molar-refractivity contribution in [1.29, 1.82) is 0 Å². The molecule has 1 heterocycles. The first-order valence-corrected chi connectivity index (χ1v) is 7.31. The van der Waals surface area contributed by atoms with Crippen molar-refractivity contribution in [3.05, 3.63) is 19.2 Å². The maximum Gasteiger partial charge on any atom is 0.255 e. The molecule has 1 aromatic heterocycles. The Balaban J connectivity index is 2.60. The van der Waals surface area contributed by atoms with Crippen LogP contribution in [0.4, 0.5) is 0 Å². The number of nitrogens with one attached hydrogen (secondary N) is 1. The summed E-state index contributed by atoms with van der Waals surface area (Å²) in [5.74, 6) is 0.0601. The van der Waals surface area contributed by atoms with Crippen LogP contribution in [0.3, 0.4) is 0 Å². The Bertz CT molecular complexity index is 368. The van der Waals surface area contributed by atoms with Gasteiger partial charge < -0.3 is 10.2 Å². The number of thiophene rings is 1. The molecule has 0 aromatic carbocycles. The number of halogens is 2. The van der Waals surface area contributed by atoms with Gasteiger partial charge in [-0.3, -0.25) is 4.79 Å². The van der Waals surface area contributed by atoms with Crippen molar-refractivity contribution in [2.24, 2.45) is 0 Å². The molecule has 0 aliphatic rings. The van der Waals surface area contributed by atoms with E-state index in [9.17, 15) is 4.79 Å². The lowest BCUT2D eigenvalue weighted by Crippen LogP contribution is -2.29. The lowest BCUT2D eigenvalue weighted by molar-refractivity contribution is 0.0793. The third kappa shape index (κ3) is 3.84. The van der Waals surface area contributed by atoms with Gasteiger partial charge in [0.15, 0.2) is 0 Å². The highest BCUT2D eigenvalue weighted by Gasteiger charge is 2.17. The van der Waals surface area contributed by atoms with Crippen molar-refractivity contribution >= 4 is 49.1 Å². The second-order valence-electron chi connectivity index (χ2n) is 3.42. The second kappa shape index (κ2) is 6.74. The number of hydrogen-bond acceptors (Lipinski definition) is 3. The van der Waals surface area contributed by atoms with Gasteiger partial charge in [0.2, 0.25) is 0 Å². The predicted molar refractivity (Wildman–Crippen MR) is 75.2 cm³/mol. The van der Waals surface area contributed by atoms with Crippen LogP contribution in [0.15, 0.2) is 13.6 Å². The van der Waals surface area contributed by atoms with Crippen molar-refractivity contribution in [3.63, 3.8) is 0 Å². The molecule has 1 aromatic rings. The molecule has 6 heteroatoms. The van der Waals surface area contributed by atoms with Gasteiger partial charge >= 0.3 is 0 Å². The molecule has 0 aliphatic carbocycles. The van der Waals surface area contributed by atoms with Crippen LogP contribution in [0.25, 0.3) is 0 Å². The average Bonchev–Trinajstić information content (AvgIpc) is 2.57. The smallest absolute Gasteiger partial charge is 0.255 e. The van der Waals surface area contributed by atoms with Gasteiger partial charge in [0, 0.05) is 13.6 Å². The number of rotatable bonds is 5. The van der Waals surface area contributed by atoms with E-state index in [4.69, 9.17) is 0 Å². The van der Waals surface area contributed by atoms with Crippen LogP contribution in [0, 0.1) is 0 Å². The third-order valence-corrected chi connectivity index (χ3v) is 4.49. The number of amides is 1. The van der Waals surface area contributed by atoms with E-state index in [-0.39, 0.29) is 5.91 Å². The fourth-order valence-corrected chi connectivity index (χ4v) is 4.06. The van der Waals surface area contributed by atoms with E-state index >= 15 is 0 Å². The molecule has 0 aliphatic heterocycles. The fourth-order valence-electron chi connectivity index (χ4n) is 1.29. The fraction of sp³-hybridized carbons (Fsp3) is 0.500. The van der Waals surface area contributed by atoms with Crippen molar-refractivity contribution in [3.8, 4) is 0 Å². The first-order valence-electron chi connectivity index (χ1n) is 4.91. The zero-order valence-electron chi connectivity index (χ0n) is 9.22. The van der Waals surface area contributed by atoms with Crippen LogP contribution < -0.4 is 5.32 Å². The molecule has 1 N–H and O–H groups in total. The number of carbonyl (C=O) groups excluding carboxylic acids is 1. The zero-order valence-corrected chi connectivity index (χ0v) is 13.2. The lowest BCUT2D eigenvalue weighted by Gasteiger charge is -2.16. The van der Waals surface area contributed by atoms with Gasteiger partial charge in [0.05, 0.1) is 13.1 Å². The first-order chi connectivity index (χ1) is 7.56. The SMILES string of the molecule is CNCCCN(C)C(=O)c1cc(Br)sc1Br. The Kier molecular flexibility index (Phi) is 5.96. The van der Waals surface area contributed by atoms with Crippen molar-refractivity contribution in [2.75, 3.05) is 27.2 Å². The van der Waals surface area contributed by atoms with Crippen LogP contribution in [0.2, 0.25) is 0 Å². The highest BCUT2D eigenvalue weighted by atomic mass is 79.9. The number of carbonyl (C=O) groups is 1. The summed E-state index contributed by atoms with van der Waals surface area (Å²) in [6, 6.07) is 1.85. The summed E-state index contributed by atoms with van der Waals surface area (Å²) in [6.07, 6.45) is 0.960. The molecule has 0 saturated carbocycles. The van der Waals surface area contributed by atoms with Crippen LogP contribution >= 0.6 is 43.2 Å². The maximum atomic E-state index is 12.0. The van der Waals surface area contributed by atoms with Gasteiger partial charge in [-0.2, -0.15) is 0 Å². The summed E-state index contributed by atoms with van der Waals surface area (Å²) >= 11 is 8.29. The van der Waals surface area contributed by atoms with Crippen molar-refractivity contribution < 1.29 is 4.79 Å².